The number of rotatable bonds is 7. The molecule has 1 fully saturated rings. The molecular formula is C42H27F6N3O2. The van der Waals surface area contributed by atoms with Gasteiger partial charge in [-0.05, 0) is 88.5 Å². The Kier molecular flexibility index (Phi) is 8.16. The normalized spacial score (nSPS) is 13.7. The minimum Gasteiger partial charge on any atom is -0.370 e. The number of carbonyl (C=O) groups is 2. The third kappa shape index (κ3) is 6.32. The molecule has 0 N–H and O–H groups in total. The maximum absolute atomic E-state index is 13.3. The molecule has 1 aliphatic rings. The van der Waals surface area contributed by atoms with Gasteiger partial charge in [0.15, 0.2) is 0 Å². The maximum atomic E-state index is 13.3. The Morgan fingerprint density at radius 1 is 0.566 bits per heavy atom. The van der Waals surface area contributed by atoms with Crippen LogP contribution in [0.2, 0.25) is 0 Å². The van der Waals surface area contributed by atoms with Gasteiger partial charge in [0.05, 0.1) is 11.0 Å². The lowest BCUT2D eigenvalue weighted by molar-refractivity contribution is -0.0888. The van der Waals surface area contributed by atoms with Crippen LogP contribution >= 0.6 is 0 Å². The van der Waals surface area contributed by atoms with Crippen molar-refractivity contribution in [2.75, 3.05) is 18.0 Å². The number of benzene rings is 5. The molecule has 0 spiro atoms. The number of aromatic nitrogens is 2. The van der Waals surface area contributed by atoms with Crippen molar-refractivity contribution >= 4 is 39.1 Å². The Hall–Kier alpha value is -6.23. The van der Waals surface area contributed by atoms with E-state index in [0.29, 0.717) is 41.0 Å². The van der Waals surface area contributed by atoms with E-state index in [4.69, 9.17) is 0 Å². The molecule has 264 valence electrons. The molecule has 1 saturated heterocycles. The standard InChI is InChI=1S/C42H27F6N3O2/c43-41(44,45)39(52)28-8-4-6-25(16-28)30-18-31(26-7-5-9-29(17-26)40(53)42(46,47)48)20-34(19-30)50-23-32(24-50)27-12-13-37-35(21-27)36-22-49-15-14-38(36)51(37)33-10-2-1-3-11-33/h1-22,32H,23-24H2. The van der Waals surface area contributed by atoms with E-state index in [0.717, 1.165) is 57.3 Å². The van der Waals surface area contributed by atoms with Crippen molar-refractivity contribution in [2.45, 2.75) is 18.3 Å². The van der Waals surface area contributed by atoms with E-state index in [-0.39, 0.29) is 5.92 Å². The summed E-state index contributed by atoms with van der Waals surface area (Å²) in [5, 5.41) is 2.07. The number of alkyl halides is 6. The number of hydrogen-bond acceptors (Lipinski definition) is 4. The minimum atomic E-state index is -5.07. The summed E-state index contributed by atoms with van der Waals surface area (Å²) in [5.41, 5.74) is 5.34. The van der Waals surface area contributed by atoms with E-state index < -0.39 is 35.0 Å². The number of nitrogens with zero attached hydrogens (tertiary/aromatic N) is 3. The van der Waals surface area contributed by atoms with Gasteiger partial charge in [-0.2, -0.15) is 26.3 Å². The third-order valence-electron chi connectivity index (χ3n) is 9.67. The number of hydrogen-bond donors (Lipinski definition) is 0. The summed E-state index contributed by atoms with van der Waals surface area (Å²) in [6.07, 6.45) is -6.52. The number of pyridine rings is 1. The first kappa shape index (κ1) is 33.9. The number of fused-ring (bicyclic) bond motifs is 3. The van der Waals surface area contributed by atoms with Crippen LogP contribution in [0.15, 0.2) is 134 Å². The molecule has 0 saturated carbocycles. The molecule has 0 atom stereocenters. The smallest absolute Gasteiger partial charge is 0.370 e. The molecule has 53 heavy (non-hydrogen) atoms. The van der Waals surface area contributed by atoms with Gasteiger partial charge < -0.3 is 9.47 Å². The van der Waals surface area contributed by atoms with Crippen LogP contribution in [0.5, 0.6) is 0 Å². The van der Waals surface area contributed by atoms with Gasteiger partial charge in [0.1, 0.15) is 0 Å². The SMILES string of the molecule is O=C(c1cccc(-c2cc(-c3cccc(C(=O)C(F)(F)F)c3)cc(N3CC(c4ccc5c(c4)c4cnccc4n5-c4ccccc4)C3)c2)c1)C(F)(F)F. The Morgan fingerprint density at radius 3 is 1.74 bits per heavy atom. The highest BCUT2D eigenvalue weighted by molar-refractivity contribution is 6.09. The Balaban J connectivity index is 1.16. The highest BCUT2D eigenvalue weighted by atomic mass is 19.4. The lowest BCUT2D eigenvalue weighted by Crippen LogP contribution is -2.45. The molecule has 8 rings (SSSR count). The second-order valence-electron chi connectivity index (χ2n) is 13.0. The third-order valence-corrected chi connectivity index (χ3v) is 9.67. The molecule has 3 heterocycles. The van der Waals surface area contributed by atoms with Gasteiger partial charge in [-0.15, -0.1) is 0 Å². The van der Waals surface area contributed by atoms with Crippen molar-refractivity contribution in [3.8, 4) is 27.9 Å². The number of para-hydroxylation sites is 1. The monoisotopic (exact) mass is 719 g/mol. The van der Waals surface area contributed by atoms with Crippen molar-refractivity contribution in [2.24, 2.45) is 0 Å². The average molecular weight is 720 g/mol. The van der Waals surface area contributed by atoms with Gasteiger partial charge in [-0.25, -0.2) is 0 Å². The summed E-state index contributed by atoms with van der Waals surface area (Å²) in [4.78, 5) is 30.6. The topological polar surface area (TPSA) is 55.2 Å². The molecule has 1 aliphatic heterocycles. The zero-order valence-corrected chi connectivity index (χ0v) is 27.6. The van der Waals surface area contributed by atoms with Crippen LogP contribution in [0.4, 0.5) is 32.0 Å². The van der Waals surface area contributed by atoms with Gasteiger partial charge in [-0.1, -0.05) is 60.7 Å². The second-order valence-corrected chi connectivity index (χ2v) is 13.0. The summed E-state index contributed by atoms with van der Waals surface area (Å²) < 4.78 is 82.1. The molecule has 5 nitrogen and oxygen atoms in total. The van der Waals surface area contributed by atoms with Crippen molar-refractivity contribution in [1.29, 1.82) is 0 Å². The summed E-state index contributed by atoms with van der Waals surface area (Å²) in [6, 6.07) is 33.9. The van der Waals surface area contributed by atoms with Crippen molar-refractivity contribution in [1.82, 2.24) is 9.55 Å². The second kappa shape index (κ2) is 12.8. The fraction of sp³-hybridized carbons (Fsp3) is 0.119. The molecule has 0 radical (unpaired) electrons. The van der Waals surface area contributed by atoms with Crippen molar-refractivity contribution in [3.05, 3.63) is 150 Å². The lowest BCUT2D eigenvalue weighted by Gasteiger charge is -2.42. The van der Waals surface area contributed by atoms with Crippen LogP contribution in [0.25, 0.3) is 49.7 Å². The molecule has 0 amide bonds. The van der Waals surface area contributed by atoms with Crippen molar-refractivity contribution < 1.29 is 35.9 Å². The van der Waals surface area contributed by atoms with Crippen LogP contribution in [0.1, 0.15) is 32.2 Å². The van der Waals surface area contributed by atoms with Crippen LogP contribution in [-0.4, -0.2) is 46.6 Å². The van der Waals surface area contributed by atoms with Crippen molar-refractivity contribution in [3.63, 3.8) is 0 Å². The van der Waals surface area contributed by atoms with Gasteiger partial charge >= 0.3 is 12.4 Å². The largest absolute Gasteiger partial charge is 0.454 e. The molecular weight excluding hydrogens is 692 g/mol. The number of ketones is 2. The number of carbonyl (C=O) groups excluding carboxylic acids is 2. The predicted molar refractivity (Wildman–Crippen MR) is 192 cm³/mol. The van der Waals surface area contributed by atoms with Crippen LogP contribution in [-0.2, 0) is 0 Å². The van der Waals surface area contributed by atoms with Crippen LogP contribution in [0.3, 0.4) is 0 Å². The highest BCUT2D eigenvalue weighted by Gasteiger charge is 2.40. The Morgan fingerprint density at radius 2 is 1.15 bits per heavy atom. The summed E-state index contributed by atoms with van der Waals surface area (Å²) in [6.45, 7) is 1.17. The highest BCUT2D eigenvalue weighted by Crippen LogP contribution is 2.40. The summed E-state index contributed by atoms with van der Waals surface area (Å²) in [5.74, 6) is -3.85. The van der Waals surface area contributed by atoms with E-state index in [9.17, 15) is 35.9 Å². The first-order chi connectivity index (χ1) is 25.3. The molecule has 2 aromatic heterocycles. The van der Waals surface area contributed by atoms with Crippen LogP contribution < -0.4 is 4.90 Å². The maximum Gasteiger partial charge on any atom is 0.454 e. The molecule has 5 aromatic carbocycles. The zero-order valence-electron chi connectivity index (χ0n) is 27.6. The molecule has 0 unspecified atom stereocenters. The lowest BCUT2D eigenvalue weighted by atomic mass is 9.88. The summed E-state index contributed by atoms with van der Waals surface area (Å²) >= 11 is 0. The van der Waals surface area contributed by atoms with E-state index >= 15 is 0 Å². The molecule has 0 aliphatic carbocycles. The Labute approximate surface area is 298 Å². The van der Waals surface area contributed by atoms with E-state index in [2.05, 4.69) is 32.7 Å². The predicted octanol–water partition coefficient (Wildman–Crippen LogP) is 10.6. The average Bonchev–Trinajstić information content (AvgIpc) is 3.47. The first-order valence-electron chi connectivity index (χ1n) is 16.6. The van der Waals surface area contributed by atoms with E-state index in [1.807, 2.05) is 42.6 Å². The number of anilines is 1. The number of Topliss-reactive ketones (excluding diaryl/α,β-unsaturated/α-hetero) is 2. The molecule has 0 bridgehead atoms. The number of halogens is 6. The van der Waals surface area contributed by atoms with Gasteiger partial charge in [0.2, 0.25) is 0 Å². The summed E-state index contributed by atoms with van der Waals surface area (Å²) in [7, 11) is 0. The zero-order chi connectivity index (χ0) is 37.1. The fourth-order valence-corrected chi connectivity index (χ4v) is 7.03. The minimum absolute atomic E-state index is 0.124. The molecule has 7 aromatic rings. The van der Waals surface area contributed by atoms with E-state index in [1.165, 1.54) is 12.1 Å². The Bertz CT molecular complexity index is 2460. The first-order valence-corrected chi connectivity index (χ1v) is 16.6. The quantitative estimate of drug-likeness (QED) is 0.122. The van der Waals surface area contributed by atoms with Gasteiger partial charge in [-0.3, -0.25) is 14.6 Å². The molecule has 11 heteroatoms. The van der Waals surface area contributed by atoms with Crippen LogP contribution in [0, 0.1) is 0 Å². The van der Waals surface area contributed by atoms with Gasteiger partial charge in [0.25, 0.3) is 11.6 Å². The fourth-order valence-electron chi connectivity index (χ4n) is 7.03. The van der Waals surface area contributed by atoms with E-state index in [1.54, 1.807) is 36.5 Å². The van der Waals surface area contributed by atoms with Gasteiger partial charge in [0, 0.05) is 64.7 Å².